The second-order valence-electron chi connectivity index (χ2n) is 3.27. The first kappa shape index (κ1) is 13.7. The topological polar surface area (TPSA) is 109 Å². The number of carbonyl (C=O) groups is 1. The summed E-state index contributed by atoms with van der Waals surface area (Å²) in [6.45, 7) is 0. The number of anilines is 1. The molecule has 0 aliphatic carbocycles. The van der Waals surface area contributed by atoms with Gasteiger partial charge in [-0.25, -0.2) is 18.2 Å². The average Bonchev–Trinajstić information content (AvgIpc) is 2.78. The molecule has 2 aromatic heterocycles. The minimum Gasteiger partial charge on any atom is -0.477 e. The lowest BCUT2D eigenvalue weighted by Crippen LogP contribution is -2.13. The molecule has 2 aromatic rings. The normalized spacial score (nSPS) is 11.2. The fourth-order valence-electron chi connectivity index (χ4n) is 1.16. The minimum atomic E-state index is -3.89. The van der Waals surface area contributed by atoms with Crippen molar-refractivity contribution in [3.63, 3.8) is 0 Å². The van der Waals surface area contributed by atoms with E-state index in [9.17, 15) is 13.2 Å². The Morgan fingerprint density at radius 1 is 1.47 bits per heavy atom. The Morgan fingerprint density at radius 3 is 2.79 bits per heavy atom. The Balaban J connectivity index is 2.29. The van der Waals surface area contributed by atoms with Gasteiger partial charge in [-0.3, -0.25) is 4.72 Å². The van der Waals surface area contributed by atoms with E-state index >= 15 is 0 Å². The molecule has 0 aliphatic rings. The summed E-state index contributed by atoms with van der Waals surface area (Å²) in [6.07, 6.45) is 1.30. The lowest BCUT2D eigenvalue weighted by atomic mass is 10.5. The molecule has 0 saturated carbocycles. The third-order valence-electron chi connectivity index (χ3n) is 1.96. The summed E-state index contributed by atoms with van der Waals surface area (Å²) in [4.78, 5) is 17.8. The first-order valence-corrected chi connectivity index (χ1v) is 7.46. The van der Waals surface area contributed by atoms with Crippen molar-refractivity contribution in [2.45, 2.75) is 4.90 Å². The molecule has 7 nitrogen and oxygen atoms in total. The highest BCUT2D eigenvalue weighted by molar-refractivity contribution is 7.92. The second-order valence-corrected chi connectivity index (χ2v) is 6.20. The molecule has 0 spiro atoms. The Kier molecular flexibility index (Phi) is 3.69. The largest absolute Gasteiger partial charge is 0.477 e. The molecule has 0 radical (unpaired) electrons. The van der Waals surface area contributed by atoms with Gasteiger partial charge in [-0.05, 0) is 23.7 Å². The number of thiophene rings is 1. The lowest BCUT2D eigenvalue weighted by molar-refractivity contribution is 0.0702. The maximum absolute atomic E-state index is 11.9. The van der Waals surface area contributed by atoms with Crippen LogP contribution in [-0.4, -0.2) is 29.5 Å². The van der Waals surface area contributed by atoms with Crippen LogP contribution >= 0.6 is 22.9 Å². The summed E-state index contributed by atoms with van der Waals surface area (Å²) in [7, 11) is -3.89. The van der Waals surface area contributed by atoms with Crippen LogP contribution in [0.15, 0.2) is 28.6 Å². The van der Waals surface area contributed by atoms with Crippen LogP contribution in [0.2, 0.25) is 5.28 Å². The molecule has 0 atom stereocenters. The highest BCUT2D eigenvalue weighted by atomic mass is 35.5. The zero-order valence-electron chi connectivity index (χ0n) is 9.07. The molecule has 2 rings (SSSR count). The average molecular weight is 320 g/mol. The maximum Gasteiger partial charge on any atom is 0.345 e. The van der Waals surface area contributed by atoms with E-state index in [2.05, 4.69) is 14.7 Å². The van der Waals surface area contributed by atoms with Gasteiger partial charge in [0.15, 0.2) is 0 Å². The molecule has 0 amide bonds. The molecule has 2 heterocycles. The van der Waals surface area contributed by atoms with Gasteiger partial charge in [0, 0.05) is 11.6 Å². The van der Waals surface area contributed by atoms with E-state index in [-0.39, 0.29) is 20.9 Å². The fourth-order valence-corrected chi connectivity index (χ4v) is 3.42. The SMILES string of the molecule is O=C(O)c1cc(S(=O)(=O)Nc2ccnc(Cl)n2)cs1. The standard InChI is InChI=1S/C9H6ClN3O4S2/c10-9-11-2-1-7(12-9)13-19(16,17)5-3-6(8(14)15)18-4-5/h1-4H,(H,14,15)(H,11,12,13). The van der Waals surface area contributed by atoms with Crippen LogP contribution in [0.5, 0.6) is 0 Å². The third-order valence-corrected chi connectivity index (χ3v) is 4.55. The summed E-state index contributed by atoms with van der Waals surface area (Å²) in [5, 5.41) is 9.88. The van der Waals surface area contributed by atoms with E-state index in [1.165, 1.54) is 17.6 Å². The number of rotatable bonds is 4. The lowest BCUT2D eigenvalue weighted by Gasteiger charge is -2.04. The van der Waals surface area contributed by atoms with E-state index in [0.29, 0.717) is 0 Å². The van der Waals surface area contributed by atoms with Crippen molar-refractivity contribution in [3.05, 3.63) is 33.9 Å². The number of carboxylic acid groups (broad SMARTS) is 1. The van der Waals surface area contributed by atoms with Crippen LogP contribution in [-0.2, 0) is 10.0 Å². The van der Waals surface area contributed by atoms with Gasteiger partial charge in [-0.2, -0.15) is 4.98 Å². The van der Waals surface area contributed by atoms with E-state index in [0.717, 1.165) is 17.4 Å². The zero-order chi connectivity index (χ0) is 14.0. The van der Waals surface area contributed by atoms with Crippen molar-refractivity contribution in [1.82, 2.24) is 9.97 Å². The molecule has 0 aromatic carbocycles. The van der Waals surface area contributed by atoms with Gasteiger partial charge < -0.3 is 5.11 Å². The van der Waals surface area contributed by atoms with Gasteiger partial charge in [0.2, 0.25) is 5.28 Å². The van der Waals surface area contributed by atoms with Gasteiger partial charge in [-0.15, -0.1) is 11.3 Å². The van der Waals surface area contributed by atoms with Crippen LogP contribution in [0.4, 0.5) is 5.82 Å². The number of nitrogens with zero attached hydrogens (tertiary/aromatic N) is 2. The molecule has 10 heteroatoms. The summed E-state index contributed by atoms with van der Waals surface area (Å²) >= 11 is 6.35. The number of sulfonamides is 1. The number of aromatic carboxylic acids is 1. The van der Waals surface area contributed by atoms with Crippen molar-refractivity contribution < 1.29 is 18.3 Å². The van der Waals surface area contributed by atoms with Crippen molar-refractivity contribution >= 4 is 44.7 Å². The Morgan fingerprint density at radius 2 is 2.21 bits per heavy atom. The van der Waals surface area contributed by atoms with Crippen molar-refractivity contribution in [2.75, 3.05) is 4.72 Å². The number of halogens is 1. The molecular formula is C9H6ClN3O4S2. The Bertz CT molecular complexity index is 729. The van der Waals surface area contributed by atoms with Crippen LogP contribution in [0.3, 0.4) is 0 Å². The van der Waals surface area contributed by atoms with Gasteiger partial charge in [0.1, 0.15) is 10.7 Å². The fraction of sp³-hybridized carbons (Fsp3) is 0. The van der Waals surface area contributed by atoms with Gasteiger partial charge in [0.25, 0.3) is 10.0 Å². The van der Waals surface area contributed by atoms with E-state index < -0.39 is 16.0 Å². The number of aromatic nitrogens is 2. The number of hydrogen-bond acceptors (Lipinski definition) is 6. The van der Waals surface area contributed by atoms with Gasteiger partial charge in [0.05, 0.1) is 4.90 Å². The first-order chi connectivity index (χ1) is 8.88. The summed E-state index contributed by atoms with van der Waals surface area (Å²) in [5.41, 5.74) is 0. The molecule has 0 fully saturated rings. The van der Waals surface area contributed by atoms with Crippen LogP contribution < -0.4 is 4.72 Å². The molecule has 0 unspecified atom stereocenters. The highest BCUT2D eigenvalue weighted by Gasteiger charge is 2.19. The minimum absolute atomic E-state index is 0.00285. The van der Waals surface area contributed by atoms with E-state index in [4.69, 9.17) is 16.7 Å². The molecule has 0 saturated heterocycles. The van der Waals surface area contributed by atoms with Crippen molar-refractivity contribution in [2.24, 2.45) is 0 Å². The highest BCUT2D eigenvalue weighted by Crippen LogP contribution is 2.21. The number of nitrogens with one attached hydrogen (secondary N) is 1. The first-order valence-electron chi connectivity index (χ1n) is 4.72. The molecule has 19 heavy (non-hydrogen) atoms. The molecule has 2 N–H and O–H groups in total. The van der Waals surface area contributed by atoms with Crippen molar-refractivity contribution in [1.29, 1.82) is 0 Å². The smallest absolute Gasteiger partial charge is 0.345 e. The number of hydrogen-bond donors (Lipinski definition) is 2. The molecular weight excluding hydrogens is 314 g/mol. The predicted molar refractivity (Wildman–Crippen MR) is 69.1 cm³/mol. The molecule has 100 valence electrons. The van der Waals surface area contributed by atoms with Gasteiger partial charge in [-0.1, -0.05) is 0 Å². The monoisotopic (exact) mass is 319 g/mol. The second kappa shape index (κ2) is 5.11. The van der Waals surface area contributed by atoms with Crippen LogP contribution in [0.25, 0.3) is 0 Å². The molecule has 0 bridgehead atoms. The molecule has 0 aliphatic heterocycles. The van der Waals surface area contributed by atoms with Crippen molar-refractivity contribution in [3.8, 4) is 0 Å². The summed E-state index contributed by atoms with van der Waals surface area (Å²) in [5.74, 6) is -1.18. The Hall–Kier alpha value is -1.71. The predicted octanol–water partition coefficient (Wildman–Crippen LogP) is 1.69. The third kappa shape index (κ3) is 3.19. The van der Waals surface area contributed by atoms with E-state index in [1.54, 1.807) is 0 Å². The zero-order valence-corrected chi connectivity index (χ0v) is 11.5. The van der Waals surface area contributed by atoms with Crippen LogP contribution in [0.1, 0.15) is 9.67 Å². The quantitative estimate of drug-likeness (QED) is 0.830. The van der Waals surface area contributed by atoms with Gasteiger partial charge >= 0.3 is 5.97 Å². The maximum atomic E-state index is 11.9. The van der Waals surface area contributed by atoms with E-state index in [1.807, 2.05) is 0 Å². The summed E-state index contributed by atoms with van der Waals surface area (Å²) < 4.78 is 26.1. The summed E-state index contributed by atoms with van der Waals surface area (Å²) in [6, 6.07) is 2.39. The Labute approximate surface area is 117 Å². The van der Waals surface area contributed by atoms with Crippen LogP contribution in [0, 0.1) is 0 Å². The number of carboxylic acids is 1.